The highest BCUT2D eigenvalue weighted by atomic mass is 19.1. The van der Waals surface area contributed by atoms with Crippen LogP contribution in [0.25, 0.3) is 0 Å². The summed E-state index contributed by atoms with van der Waals surface area (Å²) in [5.74, 6) is -2.05. The maximum Gasteiger partial charge on any atom is 0.238 e. The number of rotatable bonds is 6. The molecule has 2 N–H and O–H groups in total. The second-order valence-corrected chi connectivity index (χ2v) is 4.56. The van der Waals surface area contributed by atoms with E-state index < -0.39 is 23.2 Å². The third kappa shape index (κ3) is 4.65. The molecule has 2 aromatic carbocycles. The second kappa shape index (κ2) is 7.50. The lowest BCUT2D eigenvalue weighted by atomic mass is 10.1. The van der Waals surface area contributed by atoms with E-state index in [9.17, 15) is 13.6 Å². The van der Waals surface area contributed by atoms with E-state index >= 15 is 0 Å². The molecule has 0 saturated heterocycles. The zero-order valence-corrected chi connectivity index (χ0v) is 11.4. The summed E-state index contributed by atoms with van der Waals surface area (Å²) in [6, 6.07) is 13.3. The van der Waals surface area contributed by atoms with E-state index in [0.29, 0.717) is 6.54 Å². The van der Waals surface area contributed by atoms with Crippen LogP contribution in [-0.4, -0.2) is 19.0 Å². The Morgan fingerprint density at radius 3 is 2.29 bits per heavy atom. The molecule has 110 valence electrons. The van der Waals surface area contributed by atoms with E-state index in [1.54, 1.807) is 0 Å². The lowest BCUT2D eigenvalue weighted by molar-refractivity contribution is -0.115. The Bertz CT molecular complexity index is 582. The van der Waals surface area contributed by atoms with Crippen molar-refractivity contribution in [3.8, 4) is 0 Å². The molecule has 0 aliphatic rings. The Morgan fingerprint density at radius 2 is 1.62 bits per heavy atom. The molecule has 0 saturated carbocycles. The van der Waals surface area contributed by atoms with E-state index in [4.69, 9.17) is 0 Å². The number of benzene rings is 2. The van der Waals surface area contributed by atoms with Gasteiger partial charge in [-0.05, 0) is 30.7 Å². The zero-order valence-electron chi connectivity index (χ0n) is 11.4. The Kier molecular flexibility index (Phi) is 5.40. The standard InChI is InChI=1S/C16H16F2N2O/c17-13-7-4-8-14(18)16(13)20-15(21)11-19-10-9-12-5-2-1-3-6-12/h1-8,19H,9-11H2,(H,20,21). The predicted octanol–water partition coefficient (Wildman–Crippen LogP) is 2.74. The van der Waals surface area contributed by atoms with Gasteiger partial charge in [-0.3, -0.25) is 4.79 Å². The molecule has 0 aromatic heterocycles. The first-order valence-corrected chi connectivity index (χ1v) is 6.65. The summed E-state index contributed by atoms with van der Waals surface area (Å²) in [6.07, 6.45) is 0.780. The molecule has 0 unspecified atom stereocenters. The molecule has 3 nitrogen and oxygen atoms in total. The van der Waals surface area contributed by atoms with Crippen LogP contribution in [0, 0.1) is 11.6 Å². The van der Waals surface area contributed by atoms with Crippen LogP contribution in [0.1, 0.15) is 5.56 Å². The highest BCUT2D eigenvalue weighted by Gasteiger charge is 2.11. The van der Waals surface area contributed by atoms with Gasteiger partial charge in [0.2, 0.25) is 5.91 Å². The van der Waals surface area contributed by atoms with Crippen molar-refractivity contribution in [1.82, 2.24) is 5.32 Å². The van der Waals surface area contributed by atoms with E-state index in [1.807, 2.05) is 30.3 Å². The molecule has 2 rings (SSSR count). The fourth-order valence-corrected chi connectivity index (χ4v) is 1.88. The molecular formula is C16H16F2N2O. The van der Waals surface area contributed by atoms with Gasteiger partial charge in [-0.15, -0.1) is 0 Å². The van der Waals surface area contributed by atoms with Crippen molar-refractivity contribution in [1.29, 1.82) is 0 Å². The molecule has 0 aliphatic heterocycles. The van der Waals surface area contributed by atoms with Crippen LogP contribution < -0.4 is 10.6 Å². The molecule has 0 fully saturated rings. The first kappa shape index (κ1) is 15.1. The summed E-state index contributed by atoms with van der Waals surface area (Å²) in [4.78, 5) is 11.6. The Hall–Kier alpha value is -2.27. The summed E-state index contributed by atoms with van der Waals surface area (Å²) < 4.78 is 26.7. The van der Waals surface area contributed by atoms with Gasteiger partial charge in [0.1, 0.15) is 17.3 Å². The quantitative estimate of drug-likeness (QED) is 0.803. The summed E-state index contributed by atoms with van der Waals surface area (Å²) in [5.41, 5.74) is 0.748. The summed E-state index contributed by atoms with van der Waals surface area (Å²) in [7, 11) is 0. The average molecular weight is 290 g/mol. The van der Waals surface area contributed by atoms with Crippen LogP contribution in [0.2, 0.25) is 0 Å². The Morgan fingerprint density at radius 1 is 0.952 bits per heavy atom. The maximum atomic E-state index is 13.3. The number of carbonyl (C=O) groups is 1. The molecular weight excluding hydrogens is 274 g/mol. The minimum absolute atomic E-state index is 0.000603. The molecule has 0 bridgehead atoms. The van der Waals surface area contributed by atoms with Crippen molar-refractivity contribution in [2.45, 2.75) is 6.42 Å². The smallest absolute Gasteiger partial charge is 0.238 e. The molecule has 0 aliphatic carbocycles. The van der Waals surface area contributed by atoms with Crippen molar-refractivity contribution in [3.05, 3.63) is 65.7 Å². The fraction of sp³-hybridized carbons (Fsp3) is 0.188. The van der Waals surface area contributed by atoms with Crippen molar-refractivity contribution < 1.29 is 13.6 Å². The summed E-state index contributed by atoms with van der Waals surface area (Å²) in [6.45, 7) is 0.609. The number of nitrogens with one attached hydrogen (secondary N) is 2. The van der Waals surface area contributed by atoms with Crippen molar-refractivity contribution in [2.24, 2.45) is 0 Å². The first-order chi connectivity index (χ1) is 10.2. The Balaban J connectivity index is 1.75. The molecule has 21 heavy (non-hydrogen) atoms. The van der Waals surface area contributed by atoms with Crippen molar-refractivity contribution in [2.75, 3.05) is 18.4 Å². The fourth-order valence-electron chi connectivity index (χ4n) is 1.88. The van der Waals surface area contributed by atoms with Gasteiger partial charge in [0.15, 0.2) is 0 Å². The number of amides is 1. The number of halogens is 2. The zero-order chi connectivity index (χ0) is 15.1. The molecule has 1 amide bonds. The van der Waals surface area contributed by atoms with E-state index in [2.05, 4.69) is 10.6 Å². The number of carbonyl (C=O) groups excluding carboxylic acids is 1. The van der Waals surface area contributed by atoms with Gasteiger partial charge in [-0.2, -0.15) is 0 Å². The number of hydrogen-bond donors (Lipinski definition) is 2. The molecule has 0 heterocycles. The topological polar surface area (TPSA) is 41.1 Å². The normalized spacial score (nSPS) is 10.4. The molecule has 0 atom stereocenters. The van der Waals surface area contributed by atoms with Crippen LogP contribution in [0.15, 0.2) is 48.5 Å². The third-order valence-electron chi connectivity index (χ3n) is 2.95. The van der Waals surface area contributed by atoms with Gasteiger partial charge in [-0.25, -0.2) is 8.78 Å². The van der Waals surface area contributed by atoms with E-state index in [1.165, 1.54) is 6.07 Å². The maximum absolute atomic E-state index is 13.3. The van der Waals surface area contributed by atoms with Crippen LogP contribution in [0.5, 0.6) is 0 Å². The molecule has 5 heteroatoms. The van der Waals surface area contributed by atoms with Crippen molar-refractivity contribution in [3.63, 3.8) is 0 Å². The highest BCUT2D eigenvalue weighted by Crippen LogP contribution is 2.17. The minimum atomic E-state index is -0.785. The summed E-state index contributed by atoms with van der Waals surface area (Å²) in [5, 5.41) is 5.16. The lowest BCUT2D eigenvalue weighted by Crippen LogP contribution is -2.30. The first-order valence-electron chi connectivity index (χ1n) is 6.65. The second-order valence-electron chi connectivity index (χ2n) is 4.56. The van der Waals surface area contributed by atoms with Crippen molar-refractivity contribution >= 4 is 11.6 Å². The van der Waals surface area contributed by atoms with E-state index in [-0.39, 0.29) is 6.54 Å². The number of hydrogen-bond acceptors (Lipinski definition) is 2. The van der Waals surface area contributed by atoms with Gasteiger partial charge in [0.05, 0.1) is 6.54 Å². The van der Waals surface area contributed by atoms with Gasteiger partial charge in [0, 0.05) is 0 Å². The average Bonchev–Trinajstić information content (AvgIpc) is 2.49. The highest BCUT2D eigenvalue weighted by molar-refractivity contribution is 5.92. The summed E-state index contributed by atoms with van der Waals surface area (Å²) >= 11 is 0. The van der Waals surface area contributed by atoms with Crippen LogP contribution in [-0.2, 0) is 11.2 Å². The lowest BCUT2D eigenvalue weighted by Gasteiger charge is -2.08. The van der Waals surface area contributed by atoms with Gasteiger partial charge in [0.25, 0.3) is 0 Å². The molecule has 0 radical (unpaired) electrons. The van der Waals surface area contributed by atoms with Gasteiger partial charge in [-0.1, -0.05) is 36.4 Å². The van der Waals surface area contributed by atoms with Crippen LogP contribution in [0.3, 0.4) is 0 Å². The van der Waals surface area contributed by atoms with Crippen LogP contribution >= 0.6 is 0 Å². The predicted molar refractivity (Wildman–Crippen MR) is 78.0 cm³/mol. The van der Waals surface area contributed by atoms with Gasteiger partial charge >= 0.3 is 0 Å². The Labute approximate surface area is 122 Å². The SMILES string of the molecule is O=C(CNCCc1ccccc1)Nc1c(F)cccc1F. The monoisotopic (exact) mass is 290 g/mol. The largest absolute Gasteiger partial charge is 0.320 e. The molecule has 2 aromatic rings. The number of anilines is 1. The van der Waals surface area contributed by atoms with Crippen LogP contribution in [0.4, 0.5) is 14.5 Å². The minimum Gasteiger partial charge on any atom is -0.320 e. The number of para-hydroxylation sites is 1. The van der Waals surface area contributed by atoms with Gasteiger partial charge < -0.3 is 10.6 Å². The third-order valence-corrected chi connectivity index (χ3v) is 2.95. The van der Waals surface area contributed by atoms with E-state index in [0.717, 1.165) is 24.1 Å². The molecule has 0 spiro atoms.